The van der Waals surface area contributed by atoms with Gasteiger partial charge in [-0.15, -0.1) is 12.4 Å². The van der Waals surface area contributed by atoms with Crippen LogP contribution >= 0.6 is 12.4 Å². The zero-order valence-corrected chi connectivity index (χ0v) is 7.90. The third-order valence-electron chi connectivity index (χ3n) is 1.67. The number of nitrogens with zero attached hydrogens (tertiary/aromatic N) is 2. The zero-order valence-electron chi connectivity index (χ0n) is 7.08. The molecule has 64 valence electrons. The zero-order chi connectivity index (χ0) is 7.40. The fraction of sp³-hybridized carbons (Fsp3) is 0.625. The Morgan fingerprint density at radius 2 is 2.27 bits per heavy atom. The molecule has 1 aromatic heterocycles. The van der Waals surface area contributed by atoms with Crippen LogP contribution in [0.1, 0.15) is 25.5 Å². The number of hydrogen-bond acceptors (Lipinski definition) is 1. The van der Waals surface area contributed by atoms with Crippen molar-refractivity contribution in [3.63, 3.8) is 0 Å². The molecule has 0 saturated heterocycles. The standard InChI is InChI=1S/C8H14N2.ClH/c1-3-4-5-10-7-9-6-8(10)2;/h6-7H,3-5H2,1-2H3;1H. The van der Waals surface area contributed by atoms with Crippen molar-refractivity contribution in [2.75, 3.05) is 0 Å². The Bertz CT molecular complexity index is 196. The van der Waals surface area contributed by atoms with Crippen molar-refractivity contribution in [1.29, 1.82) is 0 Å². The van der Waals surface area contributed by atoms with Gasteiger partial charge >= 0.3 is 0 Å². The fourth-order valence-corrected chi connectivity index (χ4v) is 0.949. The topological polar surface area (TPSA) is 17.8 Å². The fourth-order valence-electron chi connectivity index (χ4n) is 0.949. The van der Waals surface area contributed by atoms with Crippen molar-refractivity contribution in [2.45, 2.75) is 33.2 Å². The molecule has 0 atom stereocenters. The first-order valence-corrected chi connectivity index (χ1v) is 3.81. The van der Waals surface area contributed by atoms with Gasteiger partial charge in [-0.2, -0.15) is 0 Å². The summed E-state index contributed by atoms with van der Waals surface area (Å²) in [7, 11) is 0. The minimum absolute atomic E-state index is 0. The van der Waals surface area contributed by atoms with Crippen LogP contribution in [0.4, 0.5) is 0 Å². The van der Waals surface area contributed by atoms with E-state index >= 15 is 0 Å². The minimum Gasteiger partial charge on any atom is -0.335 e. The number of rotatable bonds is 3. The summed E-state index contributed by atoms with van der Waals surface area (Å²) in [6.07, 6.45) is 6.29. The second-order valence-corrected chi connectivity index (χ2v) is 2.58. The van der Waals surface area contributed by atoms with E-state index in [0.29, 0.717) is 0 Å². The predicted molar refractivity (Wildman–Crippen MR) is 49.1 cm³/mol. The van der Waals surface area contributed by atoms with Crippen molar-refractivity contribution >= 4 is 12.4 Å². The number of halogens is 1. The van der Waals surface area contributed by atoms with E-state index in [0.717, 1.165) is 6.54 Å². The van der Waals surface area contributed by atoms with Crippen molar-refractivity contribution in [2.24, 2.45) is 0 Å². The van der Waals surface area contributed by atoms with Gasteiger partial charge in [-0.25, -0.2) is 4.98 Å². The van der Waals surface area contributed by atoms with E-state index < -0.39 is 0 Å². The maximum atomic E-state index is 4.04. The minimum atomic E-state index is 0. The Hall–Kier alpha value is -0.500. The van der Waals surface area contributed by atoms with E-state index in [9.17, 15) is 0 Å². The quantitative estimate of drug-likeness (QED) is 0.688. The Kier molecular flexibility index (Phi) is 4.95. The van der Waals surface area contributed by atoms with E-state index in [-0.39, 0.29) is 12.4 Å². The Labute approximate surface area is 74.0 Å². The van der Waals surface area contributed by atoms with E-state index in [1.807, 2.05) is 12.5 Å². The molecule has 3 heteroatoms. The maximum absolute atomic E-state index is 4.04. The van der Waals surface area contributed by atoms with Gasteiger partial charge in [0.2, 0.25) is 0 Å². The van der Waals surface area contributed by atoms with Gasteiger partial charge in [0.1, 0.15) is 0 Å². The number of aryl methyl sites for hydroxylation is 2. The summed E-state index contributed by atoms with van der Waals surface area (Å²) in [5.41, 5.74) is 1.26. The smallest absolute Gasteiger partial charge is 0.0948 e. The van der Waals surface area contributed by atoms with E-state index in [1.165, 1.54) is 18.5 Å². The maximum Gasteiger partial charge on any atom is 0.0948 e. The summed E-state index contributed by atoms with van der Waals surface area (Å²) in [5, 5.41) is 0. The second kappa shape index (κ2) is 5.19. The van der Waals surface area contributed by atoms with Crippen LogP contribution in [0.5, 0.6) is 0 Å². The third-order valence-corrected chi connectivity index (χ3v) is 1.67. The molecule has 1 aromatic rings. The molecule has 0 spiro atoms. The lowest BCUT2D eigenvalue weighted by Gasteiger charge is -2.01. The first kappa shape index (κ1) is 10.5. The van der Waals surface area contributed by atoms with Crippen LogP contribution in [0.2, 0.25) is 0 Å². The molecule has 1 heterocycles. The van der Waals surface area contributed by atoms with Crippen LogP contribution in [0.3, 0.4) is 0 Å². The van der Waals surface area contributed by atoms with Crippen LogP contribution < -0.4 is 0 Å². The van der Waals surface area contributed by atoms with Crippen molar-refractivity contribution < 1.29 is 0 Å². The number of imidazole rings is 1. The van der Waals surface area contributed by atoms with Gasteiger partial charge in [-0.05, 0) is 13.3 Å². The molecular formula is C8H15ClN2. The third kappa shape index (κ3) is 2.93. The molecule has 0 bridgehead atoms. The summed E-state index contributed by atoms with van der Waals surface area (Å²) < 4.78 is 2.18. The van der Waals surface area contributed by atoms with E-state index in [1.54, 1.807) is 0 Å². The average molecular weight is 175 g/mol. The van der Waals surface area contributed by atoms with Crippen LogP contribution in [0, 0.1) is 6.92 Å². The number of unbranched alkanes of at least 4 members (excludes halogenated alkanes) is 1. The molecule has 11 heavy (non-hydrogen) atoms. The SMILES string of the molecule is CCCCn1cncc1C.Cl. The molecule has 0 aliphatic heterocycles. The predicted octanol–water partition coefficient (Wildman–Crippen LogP) is 2.41. The highest BCUT2D eigenvalue weighted by atomic mass is 35.5. The summed E-state index contributed by atoms with van der Waals surface area (Å²) in [6, 6.07) is 0. The molecule has 1 rings (SSSR count). The highest BCUT2D eigenvalue weighted by Crippen LogP contribution is 1.99. The molecule has 0 aliphatic rings. The summed E-state index contributed by atoms with van der Waals surface area (Å²) in [5.74, 6) is 0. The normalized spacial score (nSPS) is 9.27. The van der Waals surface area contributed by atoms with Gasteiger partial charge < -0.3 is 4.57 Å². The molecule has 0 fully saturated rings. The summed E-state index contributed by atoms with van der Waals surface area (Å²) in [4.78, 5) is 4.04. The second-order valence-electron chi connectivity index (χ2n) is 2.58. The van der Waals surface area contributed by atoms with Crippen LogP contribution in [0.25, 0.3) is 0 Å². The van der Waals surface area contributed by atoms with Gasteiger partial charge in [0.15, 0.2) is 0 Å². The van der Waals surface area contributed by atoms with Crippen LogP contribution in [-0.4, -0.2) is 9.55 Å². The monoisotopic (exact) mass is 174 g/mol. The molecule has 0 aliphatic carbocycles. The molecule has 0 aromatic carbocycles. The van der Waals surface area contributed by atoms with Crippen molar-refractivity contribution in [3.8, 4) is 0 Å². The van der Waals surface area contributed by atoms with Crippen molar-refractivity contribution in [1.82, 2.24) is 9.55 Å². The molecule has 0 amide bonds. The van der Waals surface area contributed by atoms with Gasteiger partial charge in [0.25, 0.3) is 0 Å². The van der Waals surface area contributed by atoms with Crippen LogP contribution in [-0.2, 0) is 6.54 Å². The number of aromatic nitrogens is 2. The molecule has 0 N–H and O–H groups in total. The molecular weight excluding hydrogens is 160 g/mol. The average Bonchev–Trinajstić information content (AvgIpc) is 2.31. The molecule has 0 saturated carbocycles. The molecule has 0 radical (unpaired) electrons. The van der Waals surface area contributed by atoms with Gasteiger partial charge in [-0.1, -0.05) is 13.3 Å². The lowest BCUT2D eigenvalue weighted by molar-refractivity contribution is 0.619. The summed E-state index contributed by atoms with van der Waals surface area (Å²) in [6.45, 7) is 5.40. The number of hydrogen-bond donors (Lipinski definition) is 0. The van der Waals surface area contributed by atoms with Crippen molar-refractivity contribution in [3.05, 3.63) is 18.2 Å². The Morgan fingerprint density at radius 1 is 1.55 bits per heavy atom. The largest absolute Gasteiger partial charge is 0.335 e. The van der Waals surface area contributed by atoms with Gasteiger partial charge in [0, 0.05) is 18.4 Å². The summed E-state index contributed by atoms with van der Waals surface area (Å²) >= 11 is 0. The van der Waals surface area contributed by atoms with E-state index in [4.69, 9.17) is 0 Å². The van der Waals surface area contributed by atoms with Gasteiger partial charge in [-0.3, -0.25) is 0 Å². The lowest BCUT2D eigenvalue weighted by Crippen LogP contribution is -1.97. The Balaban J connectivity index is 0.000001000. The molecule has 0 unspecified atom stereocenters. The first-order valence-electron chi connectivity index (χ1n) is 3.81. The van der Waals surface area contributed by atoms with E-state index in [2.05, 4.69) is 23.4 Å². The van der Waals surface area contributed by atoms with Crippen LogP contribution in [0.15, 0.2) is 12.5 Å². The highest BCUT2D eigenvalue weighted by molar-refractivity contribution is 5.85. The first-order chi connectivity index (χ1) is 4.84. The lowest BCUT2D eigenvalue weighted by atomic mass is 10.3. The highest BCUT2D eigenvalue weighted by Gasteiger charge is 1.92. The van der Waals surface area contributed by atoms with Gasteiger partial charge in [0.05, 0.1) is 6.33 Å². The molecule has 2 nitrogen and oxygen atoms in total. The Morgan fingerprint density at radius 3 is 2.73 bits per heavy atom.